The van der Waals surface area contributed by atoms with Crippen LogP contribution in [0.2, 0.25) is 0 Å². The predicted molar refractivity (Wildman–Crippen MR) is 188 cm³/mol. The number of fused-ring (bicyclic) bond motifs is 2. The van der Waals surface area contributed by atoms with Crippen LogP contribution >= 0.6 is 0 Å². The Morgan fingerprint density at radius 3 is 1.13 bits per heavy atom. The number of benzene rings is 4. The Morgan fingerprint density at radius 1 is 0.316 bits per heavy atom. The molecule has 0 heteroatoms. The van der Waals surface area contributed by atoms with Gasteiger partial charge in [0.2, 0.25) is 0 Å². The van der Waals surface area contributed by atoms with Gasteiger partial charge in [-0.1, -0.05) is 201 Å². The van der Waals surface area contributed by atoms with E-state index in [1.807, 2.05) is 111 Å². The summed E-state index contributed by atoms with van der Waals surface area (Å²) in [5, 5.41) is 5.33. The van der Waals surface area contributed by atoms with Gasteiger partial charge in [-0.25, -0.2) is 0 Å². The van der Waals surface area contributed by atoms with Gasteiger partial charge >= 0.3 is 0 Å². The number of hydrogen-bond donors (Lipinski definition) is 0. The first kappa shape index (κ1) is 48.5. The van der Waals surface area contributed by atoms with E-state index in [0.717, 1.165) is 0 Å². The lowest BCUT2D eigenvalue weighted by molar-refractivity contribution is 1.50. The number of aryl methyl sites for hydroxylation is 2. The molecule has 0 saturated carbocycles. The Morgan fingerprint density at radius 2 is 0.684 bits per heavy atom. The van der Waals surface area contributed by atoms with Gasteiger partial charge < -0.3 is 0 Å². The summed E-state index contributed by atoms with van der Waals surface area (Å²) in [5.74, 6) is 0. The molecule has 220 valence electrons. The van der Waals surface area contributed by atoms with Crippen molar-refractivity contribution in [3.05, 3.63) is 96.1 Å². The first-order chi connectivity index (χ1) is 18.7. The summed E-state index contributed by atoms with van der Waals surface area (Å²) in [6.07, 6.45) is 0. The molecule has 0 atom stereocenters. The van der Waals surface area contributed by atoms with Gasteiger partial charge in [-0.2, -0.15) is 0 Å². The van der Waals surface area contributed by atoms with Crippen LogP contribution in [-0.4, -0.2) is 0 Å². The second-order valence-corrected chi connectivity index (χ2v) is 5.65. The van der Waals surface area contributed by atoms with Crippen molar-refractivity contribution in [2.24, 2.45) is 0 Å². The van der Waals surface area contributed by atoms with Gasteiger partial charge in [0.1, 0.15) is 0 Å². The van der Waals surface area contributed by atoms with E-state index in [9.17, 15) is 0 Å². The molecular formula is C38H68. The van der Waals surface area contributed by atoms with E-state index < -0.39 is 0 Å². The van der Waals surface area contributed by atoms with Crippen LogP contribution in [0.1, 0.15) is 122 Å². The van der Waals surface area contributed by atoms with Crippen LogP contribution in [-0.2, 0) is 0 Å². The topological polar surface area (TPSA) is 0 Å². The Balaban J connectivity index is -0.0000000889. The van der Waals surface area contributed by atoms with E-state index in [-0.39, 0.29) is 0 Å². The van der Waals surface area contributed by atoms with Crippen LogP contribution in [0.15, 0.2) is 84.9 Å². The third kappa shape index (κ3) is 23.8. The second kappa shape index (κ2) is 44.4. The first-order valence-electron chi connectivity index (χ1n) is 15.6. The van der Waals surface area contributed by atoms with E-state index in [4.69, 9.17) is 0 Å². The lowest BCUT2D eigenvalue weighted by atomic mass is 10.1. The summed E-state index contributed by atoms with van der Waals surface area (Å²) < 4.78 is 0. The minimum atomic E-state index is 1.32. The average Bonchev–Trinajstić information content (AvgIpc) is 3.05. The maximum absolute atomic E-state index is 2.20. The molecule has 0 fully saturated rings. The lowest BCUT2D eigenvalue weighted by Gasteiger charge is -1.98. The van der Waals surface area contributed by atoms with Crippen molar-refractivity contribution in [1.82, 2.24) is 0 Å². The molecule has 0 saturated heterocycles. The zero-order valence-corrected chi connectivity index (χ0v) is 29.1. The molecule has 0 bridgehead atoms. The molecule has 0 spiro atoms. The largest absolute Gasteiger partial charge is 0.0683 e. The molecule has 0 amide bonds. The average molecular weight is 525 g/mol. The zero-order valence-electron chi connectivity index (χ0n) is 29.1. The van der Waals surface area contributed by atoms with Crippen LogP contribution in [0.3, 0.4) is 0 Å². The molecule has 0 nitrogen and oxygen atoms in total. The summed E-state index contributed by atoms with van der Waals surface area (Å²) in [6.45, 7) is 36.3. The Labute approximate surface area is 241 Å². The van der Waals surface area contributed by atoms with Crippen molar-refractivity contribution >= 4 is 21.5 Å². The molecule has 0 aliphatic rings. The molecule has 4 rings (SSSR count). The van der Waals surface area contributed by atoms with Crippen LogP contribution in [0, 0.1) is 13.8 Å². The predicted octanol–water partition coefficient (Wildman–Crippen LogP) is 14.5. The van der Waals surface area contributed by atoms with Crippen LogP contribution in [0.4, 0.5) is 0 Å². The van der Waals surface area contributed by atoms with Crippen molar-refractivity contribution < 1.29 is 0 Å². The minimum Gasteiger partial charge on any atom is -0.0683 e. The fourth-order valence-electron chi connectivity index (χ4n) is 2.70. The Kier molecular flexibility index (Phi) is 56.6. The van der Waals surface area contributed by atoms with E-state index in [2.05, 4.69) is 98.8 Å². The van der Waals surface area contributed by atoms with Gasteiger partial charge in [0.15, 0.2) is 0 Å². The molecule has 0 aromatic heterocycles. The van der Waals surface area contributed by atoms with Crippen molar-refractivity contribution in [3.8, 4) is 0 Å². The number of rotatable bonds is 0. The van der Waals surface area contributed by atoms with Gasteiger partial charge in [-0.05, 0) is 41.0 Å². The molecule has 0 heterocycles. The quantitative estimate of drug-likeness (QED) is 0.214. The Hall–Kier alpha value is -2.60. The summed E-state index contributed by atoms with van der Waals surface area (Å²) in [4.78, 5) is 0. The fourth-order valence-corrected chi connectivity index (χ4v) is 2.70. The molecule has 0 unspecified atom stereocenters. The van der Waals surface area contributed by atoms with Crippen molar-refractivity contribution in [1.29, 1.82) is 0 Å². The first-order valence-corrected chi connectivity index (χ1v) is 15.6. The monoisotopic (exact) mass is 525 g/mol. The van der Waals surface area contributed by atoms with Gasteiger partial charge in [-0.15, -0.1) is 0 Å². The van der Waals surface area contributed by atoms with Crippen molar-refractivity contribution in [2.75, 3.05) is 0 Å². The van der Waals surface area contributed by atoms with Crippen LogP contribution in [0.5, 0.6) is 0 Å². The minimum absolute atomic E-state index is 1.32. The van der Waals surface area contributed by atoms with Crippen molar-refractivity contribution in [3.63, 3.8) is 0 Å². The van der Waals surface area contributed by atoms with E-state index in [0.29, 0.717) is 0 Å². The van der Waals surface area contributed by atoms with Crippen LogP contribution in [0.25, 0.3) is 21.5 Å². The SMILES string of the molecule is CC.CC.CC.CC.CC.CC.CC.CC.Cc1ccc2ccccc2c1.Cc1cccc2ccccc12. The normalized spacial score (nSPS) is 7.21. The highest BCUT2D eigenvalue weighted by atomic mass is 14.0. The summed E-state index contributed by atoms with van der Waals surface area (Å²) in [7, 11) is 0. The highest BCUT2D eigenvalue weighted by Crippen LogP contribution is 2.16. The van der Waals surface area contributed by atoms with E-state index in [1.165, 1.54) is 32.7 Å². The highest BCUT2D eigenvalue weighted by Gasteiger charge is 1.92. The fraction of sp³-hybridized carbons (Fsp3) is 0.474. The van der Waals surface area contributed by atoms with Gasteiger partial charge in [-0.3, -0.25) is 0 Å². The Bertz CT molecular complexity index is 892. The van der Waals surface area contributed by atoms with Gasteiger partial charge in [0.25, 0.3) is 0 Å². The molecule has 0 aliphatic heterocycles. The molecule has 0 N–H and O–H groups in total. The van der Waals surface area contributed by atoms with E-state index in [1.54, 1.807) is 0 Å². The van der Waals surface area contributed by atoms with Crippen molar-refractivity contribution in [2.45, 2.75) is 125 Å². The molecule has 4 aromatic carbocycles. The zero-order chi connectivity index (χ0) is 31.4. The summed E-state index contributed by atoms with van der Waals surface area (Å²) in [6, 6.07) is 29.7. The summed E-state index contributed by atoms with van der Waals surface area (Å²) in [5.41, 5.74) is 2.67. The highest BCUT2D eigenvalue weighted by molar-refractivity contribution is 5.85. The summed E-state index contributed by atoms with van der Waals surface area (Å²) >= 11 is 0. The molecule has 0 radical (unpaired) electrons. The molecular weight excluding hydrogens is 456 g/mol. The van der Waals surface area contributed by atoms with Gasteiger partial charge in [0.05, 0.1) is 0 Å². The standard InChI is InChI=1S/2C11H10.8C2H6/c1-9-5-4-7-10-6-2-3-8-11(9)10;1-9-6-7-10-4-2-3-5-11(10)8-9;8*1-2/h2*2-8H,1H3;8*1-2H3. The lowest BCUT2D eigenvalue weighted by Crippen LogP contribution is -1.75. The van der Waals surface area contributed by atoms with E-state index >= 15 is 0 Å². The smallest absolute Gasteiger partial charge is 0.0155 e. The third-order valence-corrected chi connectivity index (χ3v) is 3.91. The maximum Gasteiger partial charge on any atom is -0.0155 e. The third-order valence-electron chi connectivity index (χ3n) is 3.91. The van der Waals surface area contributed by atoms with Gasteiger partial charge in [0, 0.05) is 0 Å². The second-order valence-electron chi connectivity index (χ2n) is 5.65. The molecule has 38 heavy (non-hydrogen) atoms. The maximum atomic E-state index is 2.20. The molecule has 4 aromatic rings. The molecule has 0 aliphatic carbocycles. The van der Waals surface area contributed by atoms with Crippen LogP contribution < -0.4 is 0 Å². The number of hydrogen-bond acceptors (Lipinski definition) is 0.